The number of rotatable bonds is 5. The molecular formula is C25H37N3O4. The SMILES string of the molecule is CO[C@@H]1CN(C)C(=O)c2cc(NC(=O)C3CC3)ccc2OC[C@H](C)N(CC2CC2)C[C@H]1C. The number of ether oxygens (including phenoxy) is 2. The van der Waals surface area contributed by atoms with Crippen LogP contribution >= 0.6 is 0 Å². The minimum atomic E-state index is -0.125. The van der Waals surface area contributed by atoms with E-state index in [9.17, 15) is 9.59 Å². The molecule has 1 N–H and O–H groups in total. The Morgan fingerprint density at radius 3 is 2.59 bits per heavy atom. The molecule has 3 atom stereocenters. The number of methoxy groups -OCH3 is 1. The highest BCUT2D eigenvalue weighted by atomic mass is 16.5. The van der Waals surface area contributed by atoms with Gasteiger partial charge in [0.2, 0.25) is 5.91 Å². The van der Waals surface area contributed by atoms with Gasteiger partial charge in [-0.25, -0.2) is 0 Å². The maximum Gasteiger partial charge on any atom is 0.257 e. The van der Waals surface area contributed by atoms with Gasteiger partial charge in [-0.3, -0.25) is 14.5 Å². The summed E-state index contributed by atoms with van der Waals surface area (Å²) in [7, 11) is 3.53. The summed E-state index contributed by atoms with van der Waals surface area (Å²) in [4.78, 5) is 29.8. The minimum absolute atomic E-state index is 0.0254. The van der Waals surface area contributed by atoms with E-state index < -0.39 is 0 Å². The van der Waals surface area contributed by atoms with Gasteiger partial charge in [0.15, 0.2) is 0 Å². The predicted molar refractivity (Wildman–Crippen MR) is 124 cm³/mol. The van der Waals surface area contributed by atoms with E-state index >= 15 is 0 Å². The fourth-order valence-corrected chi connectivity index (χ4v) is 4.41. The third-order valence-corrected chi connectivity index (χ3v) is 6.98. The van der Waals surface area contributed by atoms with Gasteiger partial charge in [-0.05, 0) is 62.6 Å². The van der Waals surface area contributed by atoms with Crippen molar-refractivity contribution in [1.29, 1.82) is 0 Å². The molecule has 1 aromatic rings. The minimum Gasteiger partial charge on any atom is -0.491 e. The van der Waals surface area contributed by atoms with Gasteiger partial charge in [0.1, 0.15) is 12.4 Å². The summed E-state index contributed by atoms with van der Waals surface area (Å²) in [5, 5.41) is 2.95. The first-order valence-electron chi connectivity index (χ1n) is 12.0. The predicted octanol–water partition coefficient (Wildman–Crippen LogP) is 3.25. The van der Waals surface area contributed by atoms with Gasteiger partial charge in [0.05, 0.1) is 11.7 Å². The number of hydrogen-bond acceptors (Lipinski definition) is 5. The molecule has 4 rings (SSSR count). The summed E-state index contributed by atoms with van der Waals surface area (Å²) in [5.74, 6) is 1.63. The van der Waals surface area contributed by atoms with Crippen molar-refractivity contribution in [3.05, 3.63) is 23.8 Å². The van der Waals surface area contributed by atoms with Crippen molar-refractivity contribution in [1.82, 2.24) is 9.80 Å². The summed E-state index contributed by atoms with van der Waals surface area (Å²) in [6.07, 6.45) is 4.43. The fourth-order valence-electron chi connectivity index (χ4n) is 4.41. The second kappa shape index (κ2) is 9.79. The molecule has 3 aliphatic rings. The number of amides is 2. The van der Waals surface area contributed by atoms with Crippen molar-refractivity contribution >= 4 is 17.5 Å². The molecule has 0 bridgehead atoms. The number of carbonyl (C=O) groups excluding carboxylic acids is 2. The number of nitrogens with zero attached hydrogens (tertiary/aromatic N) is 2. The third kappa shape index (κ3) is 5.62. The van der Waals surface area contributed by atoms with Gasteiger partial charge in [-0.2, -0.15) is 0 Å². The van der Waals surface area contributed by atoms with Crippen LogP contribution < -0.4 is 10.1 Å². The lowest BCUT2D eigenvalue weighted by Crippen LogP contribution is -2.47. The number of likely N-dealkylation sites (N-methyl/N-ethyl adjacent to an activating group) is 1. The largest absolute Gasteiger partial charge is 0.491 e. The zero-order chi connectivity index (χ0) is 22.8. The molecule has 7 nitrogen and oxygen atoms in total. The van der Waals surface area contributed by atoms with Crippen molar-refractivity contribution in [3.8, 4) is 5.75 Å². The highest BCUT2D eigenvalue weighted by molar-refractivity contribution is 6.00. The number of anilines is 1. The van der Waals surface area contributed by atoms with Gasteiger partial charge in [0, 0.05) is 51.4 Å². The standard InChI is InChI=1S/C25H37N3O4/c1-16-12-28(13-18-5-6-18)17(2)15-32-22-10-9-20(26-24(29)19-7-8-19)11-21(22)25(30)27(3)14-23(16)31-4/h9-11,16-19,23H,5-8,12-15H2,1-4H3,(H,26,29)/t16-,17+,23-/m1/s1. The molecule has 2 fully saturated rings. The van der Waals surface area contributed by atoms with Crippen LogP contribution in [0.5, 0.6) is 5.75 Å². The summed E-state index contributed by atoms with van der Waals surface area (Å²) < 4.78 is 12.0. The molecule has 2 amide bonds. The van der Waals surface area contributed by atoms with Crippen molar-refractivity contribution in [3.63, 3.8) is 0 Å². The molecule has 32 heavy (non-hydrogen) atoms. The van der Waals surface area contributed by atoms with Crippen LogP contribution in [0, 0.1) is 17.8 Å². The monoisotopic (exact) mass is 443 g/mol. The van der Waals surface area contributed by atoms with E-state index in [-0.39, 0.29) is 35.8 Å². The Bertz CT molecular complexity index is 836. The van der Waals surface area contributed by atoms with E-state index in [0.29, 0.717) is 30.2 Å². The average molecular weight is 444 g/mol. The molecule has 0 unspecified atom stereocenters. The Labute approximate surface area is 191 Å². The Morgan fingerprint density at radius 1 is 1.19 bits per heavy atom. The summed E-state index contributed by atoms with van der Waals surface area (Å²) in [6, 6.07) is 5.61. The molecule has 0 spiro atoms. The normalized spacial score (nSPS) is 27.7. The molecule has 0 saturated heterocycles. The van der Waals surface area contributed by atoms with Gasteiger partial charge < -0.3 is 19.7 Å². The second-order valence-electron chi connectivity index (χ2n) is 9.97. The lowest BCUT2D eigenvalue weighted by Gasteiger charge is -2.36. The zero-order valence-electron chi connectivity index (χ0n) is 19.8. The Hall–Kier alpha value is -2.12. The van der Waals surface area contributed by atoms with Crippen molar-refractivity contribution in [2.45, 2.75) is 51.7 Å². The van der Waals surface area contributed by atoms with Gasteiger partial charge >= 0.3 is 0 Å². The first-order chi connectivity index (χ1) is 15.4. The van der Waals surface area contributed by atoms with Crippen molar-refractivity contribution < 1.29 is 19.1 Å². The van der Waals surface area contributed by atoms with Crippen LogP contribution in [0.15, 0.2) is 18.2 Å². The average Bonchev–Trinajstić information content (AvgIpc) is 3.68. The lowest BCUT2D eigenvalue weighted by atomic mass is 10.0. The van der Waals surface area contributed by atoms with Gasteiger partial charge in [-0.1, -0.05) is 6.92 Å². The zero-order valence-corrected chi connectivity index (χ0v) is 19.8. The molecule has 1 aromatic carbocycles. The molecule has 0 aromatic heterocycles. The topological polar surface area (TPSA) is 71.1 Å². The third-order valence-electron chi connectivity index (χ3n) is 6.98. The number of hydrogen-bond donors (Lipinski definition) is 1. The number of nitrogens with one attached hydrogen (secondary N) is 1. The van der Waals surface area contributed by atoms with E-state index in [1.54, 1.807) is 25.1 Å². The molecule has 1 aliphatic heterocycles. The maximum absolute atomic E-state index is 13.4. The van der Waals surface area contributed by atoms with Crippen molar-refractivity contribution in [2.75, 3.05) is 45.7 Å². The lowest BCUT2D eigenvalue weighted by molar-refractivity contribution is -0.117. The van der Waals surface area contributed by atoms with Crippen molar-refractivity contribution in [2.24, 2.45) is 17.8 Å². The molecule has 7 heteroatoms. The fraction of sp³-hybridized carbons (Fsp3) is 0.680. The van der Waals surface area contributed by atoms with Gasteiger partial charge in [0.25, 0.3) is 5.91 Å². The second-order valence-corrected chi connectivity index (χ2v) is 9.97. The smallest absolute Gasteiger partial charge is 0.257 e. The van der Waals surface area contributed by atoms with E-state index in [1.165, 1.54) is 12.8 Å². The quantitative estimate of drug-likeness (QED) is 0.756. The Balaban J connectivity index is 1.60. The van der Waals surface area contributed by atoms with Crippen LogP contribution in [-0.4, -0.2) is 74.2 Å². The summed E-state index contributed by atoms with van der Waals surface area (Å²) in [5.41, 5.74) is 1.11. The summed E-state index contributed by atoms with van der Waals surface area (Å²) in [6.45, 7) is 7.40. The number of carbonyl (C=O) groups is 2. The first kappa shape index (κ1) is 23.1. The number of benzene rings is 1. The van der Waals surface area contributed by atoms with E-state index in [2.05, 4.69) is 24.1 Å². The molecule has 2 aliphatic carbocycles. The van der Waals surface area contributed by atoms with E-state index in [1.807, 2.05) is 12.1 Å². The molecule has 1 heterocycles. The molecular weight excluding hydrogens is 406 g/mol. The van der Waals surface area contributed by atoms with Crippen LogP contribution in [-0.2, 0) is 9.53 Å². The molecule has 0 radical (unpaired) electrons. The highest BCUT2D eigenvalue weighted by Crippen LogP contribution is 2.33. The number of fused-ring (bicyclic) bond motifs is 1. The molecule has 176 valence electrons. The first-order valence-corrected chi connectivity index (χ1v) is 12.0. The van der Waals surface area contributed by atoms with E-state index in [4.69, 9.17) is 9.47 Å². The van der Waals surface area contributed by atoms with Crippen LogP contribution in [0.4, 0.5) is 5.69 Å². The van der Waals surface area contributed by atoms with Gasteiger partial charge in [-0.15, -0.1) is 0 Å². The summed E-state index contributed by atoms with van der Waals surface area (Å²) >= 11 is 0. The Kier molecular flexibility index (Phi) is 7.05. The molecule has 2 saturated carbocycles. The highest BCUT2D eigenvalue weighted by Gasteiger charge is 2.32. The van der Waals surface area contributed by atoms with Crippen LogP contribution in [0.1, 0.15) is 49.9 Å². The van der Waals surface area contributed by atoms with Crippen LogP contribution in [0.3, 0.4) is 0 Å². The maximum atomic E-state index is 13.4. The van der Waals surface area contributed by atoms with E-state index in [0.717, 1.165) is 31.8 Å². The Morgan fingerprint density at radius 2 is 1.94 bits per heavy atom. The van der Waals surface area contributed by atoms with Crippen LogP contribution in [0.25, 0.3) is 0 Å². The van der Waals surface area contributed by atoms with Crippen LogP contribution in [0.2, 0.25) is 0 Å².